The van der Waals surface area contributed by atoms with E-state index >= 15 is 0 Å². The van der Waals surface area contributed by atoms with Gasteiger partial charge in [0.1, 0.15) is 0 Å². The van der Waals surface area contributed by atoms with Gasteiger partial charge in [0.2, 0.25) is 6.20 Å². The Morgan fingerprint density at radius 1 is 1.15 bits per heavy atom. The minimum atomic E-state index is 0.433. The maximum absolute atomic E-state index is 9.40. The fourth-order valence-corrected chi connectivity index (χ4v) is 1.52. The summed E-state index contributed by atoms with van der Waals surface area (Å²) in [5.74, 6) is 0. The third kappa shape index (κ3) is 1.43. The lowest BCUT2D eigenvalue weighted by molar-refractivity contribution is -0.884. The summed E-state index contributed by atoms with van der Waals surface area (Å²) >= 11 is 11.6. The fraction of sp³-hybridized carbons (Fsp3) is 0. The van der Waals surface area contributed by atoms with E-state index in [1.165, 1.54) is 6.20 Å². The van der Waals surface area contributed by atoms with E-state index < -0.39 is 0 Å². The van der Waals surface area contributed by atoms with E-state index in [0.29, 0.717) is 15.6 Å². The molecule has 1 aromatic heterocycles. The van der Waals surface area contributed by atoms with Crippen molar-refractivity contribution in [2.24, 2.45) is 0 Å². The summed E-state index contributed by atoms with van der Waals surface area (Å²) in [5, 5.41) is 11.2. The highest BCUT2D eigenvalue weighted by molar-refractivity contribution is 6.42. The Morgan fingerprint density at radius 2 is 1.85 bits per heavy atom. The molecular weight excluding hydrogens is 209 g/mol. The minimum Gasteiger partial charge on any atom is -0.285 e. The van der Waals surface area contributed by atoms with Gasteiger partial charge in [0.25, 0.3) is 5.52 Å². The molecule has 0 saturated carbocycles. The first-order valence-corrected chi connectivity index (χ1v) is 4.43. The molecule has 0 aliphatic rings. The highest BCUT2D eigenvalue weighted by atomic mass is 35.5. The second-order valence-corrected chi connectivity index (χ2v) is 3.49. The summed E-state index contributed by atoms with van der Waals surface area (Å²) < 4.78 is 1.01. The van der Waals surface area contributed by atoms with Gasteiger partial charge in [0, 0.05) is 16.9 Å². The van der Waals surface area contributed by atoms with Gasteiger partial charge in [0.05, 0.1) is 15.4 Å². The van der Waals surface area contributed by atoms with Gasteiger partial charge in [-0.25, -0.2) is 0 Å². The molecule has 0 bridgehead atoms. The van der Waals surface area contributed by atoms with Crippen LogP contribution in [0, 0.1) is 0 Å². The van der Waals surface area contributed by atoms with Crippen LogP contribution in [-0.4, -0.2) is 5.21 Å². The molecule has 0 radical (unpaired) electrons. The van der Waals surface area contributed by atoms with Crippen molar-refractivity contribution in [3.63, 3.8) is 0 Å². The Kier molecular flexibility index (Phi) is 2.02. The van der Waals surface area contributed by atoms with Crippen LogP contribution in [0.4, 0.5) is 0 Å². The van der Waals surface area contributed by atoms with E-state index in [4.69, 9.17) is 23.2 Å². The normalized spacial score (nSPS) is 10.6. The van der Waals surface area contributed by atoms with Gasteiger partial charge in [-0.15, -0.1) is 0 Å². The average molecular weight is 215 g/mol. The molecule has 0 unspecified atom stereocenters. The molecule has 1 N–H and O–H groups in total. The van der Waals surface area contributed by atoms with Crippen LogP contribution in [0.25, 0.3) is 10.9 Å². The number of rotatable bonds is 0. The maximum Gasteiger partial charge on any atom is 0.266 e. The van der Waals surface area contributed by atoms with E-state index in [-0.39, 0.29) is 0 Å². The molecule has 0 atom stereocenters. The number of benzene rings is 1. The first-order valence-electron chi connectivity index (χ1n) is 3.67. The predicted octanol–water partition coefficient (Wildman–Crippen LogP) is 2.67. The number of aromatic nitrogens is 1. The Morgan fingerprint density at radius 3 is 2.62 bits per heavy atom. The van der Waals surface area contributed by atoms with Crippen molar-refractivity contribution >= 4 is 34.1 Å². The molecular formula is C9H6Cl2NO+. The zero-order valence-corrected chi connectivity index (χ0v) is 8.05. The molecule has 0 aliphatic carbocycles. The number of fused-ring (bicyclic) bond motifs is 1. The van der Waals surface area contributed by atoms with Crippen LogP contribution < -0.4 is 4.73 Å². The molecule has 0 fully saturated rings. The van der Waals surface area contributed by atoms with Crippen LogP contribution in [-0.2, 0) is 0 Å². The van der Waals surface area contributed by atoms with E-state index in [2.05, 4.69) is 0 Å². The van der Waals surface area contributed by atoms with Crippen molar-refractivity contribution in [1.82, 2.24) is 0 Å². The van der Waals surface area contributed by atoms with Crippen molar-refractivity contribution in [1.29, 1.82) is 0 Å². The summed E-state index contributed by atoms with van der Waals surface area (Å²) in [6.07, 6.45) is 1.53. The maximum atomic E-state index is 9.40. The Bertz CT molecular complexity index is 470. The highest BCUT2D eigenvalue weighted by Gasteiger charge is 2.09. The van der Waals surface area contributed by atoms with Gasteiger partial charge >= 0.3 is 0 Å². The molecule has 0 amide bonds. The van der Waals surface area contributed by atoms with Gasteiger partial charge in [-0.1, -0.05) is 23.2 Å². The van der Waals surface area contributed by atoms with Crippen LogP contribution >= 0.6 is 23.2 Å². The first kappa shape index (κ1) is 8.60. The topological polar surface area (TPSA) is 24.1 Å². The number of nitrogens with zero attached hydrogens (tertiary/aromatic N) is 1. The lowest BCUT2D eigenvalue weighted by Gasteiger charge is -1.96. The van der Waals surface area contributed by atoms with Gasteiger partial charge in [-0.05, 0) is 12.1 Å². The molecule has 0 aliphatic heterocycles. The zero-order chi connectivity index (χ0) is 9.42. The van der Waals surface area contributed by atoms with Gasteiger partial charge in [0.15, 0.2) is 0 Å². The molecule has 2 aromatic rings. The summed E-state index contributed by atoms with van der Waals surface area (Å²) in [5.41, 5.74) is 0.636. The SMILES string of the molecule is O[n+]1cccc2cc(Cl)c(Cl)cc21. The number of hydrogen-bond acceptors (Lipinski definition) is 1. The molecule has 2 rings (SSSR count). The number of pyridine rings is 1. The molecule has 1 aromatic carbocycles. The predicted molar refractivity (Wildman–Crippen MR) is 51.3 cm³/mol. The van der Waals surface area contributed by atoms with E-state index in [9.17, 15) is 5.21 Å². The van der Waals surface area contributed by atoms with Crippen LogP contribution in [0.5, 0.6) is 0 Å². The molecule has 13 heavy (non-hydrogen) atoms. The van der Waals surface area contributed by atoms with Gasteiger partial charge in [-0.2, -0.15) is 0 Å². The summed E-state index contributed by atoms with van der Waals surface area (Å²) in [6, 6.07) is 6.92. The van der Waals surface area contributed by atoms with Crippen molar-refractivity contribution in [3.05, 3.63) is 40.5 Å². The van der Waals surface area contributed by atoms with E-state index in [1.807, 2.05) is 6.07 Å². The smallest absolute Gasteiger partial charge is 0.266 e. The molecule has 1 heterocycles. The van der Waals surface area contributed by atoms with Gasteiger partial charge in [-0.3, -0.25) is 5.21 Å². The fourth-order valence-electron chi connectivity index (χ4n) is 1.19. The highest BCUT2D eigenvalue weighted by Crippen LogP contribution is 2.25. The molecule has 2 nitrogen and oxygen atoms in total. The molecule has 66 valence electrons. The lowest BCUT2D eigenvalue weighted by Crippen LogP contribution is -2.29. The van der Waals surface area contributed by atoms with E-state index in [0.717, 1.165) is 10.1 Å². The summed E-state index contributed by atoms with van der Waals surface area (Å²) in [4.78, 5) is 0. The monoisotopic (exact) mass is 214 g/mol. The van der Waals surface area contributed by atoms with Crippen LogP contribution in [0.3, 0.4) is 0 Å². The number of hydrogen-bond donors (Lipinski definition) is 1. The minimum absolute atomic E-state index is 0.433. The lowest BCUT2D eigenvalue weighted by atomic mass is 10.2. The molecule has 0 saturated heterocycles. The van der Waals surface area contributed by atoms with Crippen molar-refractivity contribution in [2.45, 2.75) is 0 Å². The van der Waals surface area contributed by atoms with Crippen molar-refractivity contribution < 1.29 is 9.94 Å². The summed E-state index contributed by atoms with van der Waals surface area (Å²) in [7, 11) is 0. The number of halogens is 2. The first-order chi connectivity index (χ1) is 6.18. The Hall–Kier alpha value is -0.990. The van der Waals surface area contributed by atoms with Gasteiger partial charge < -0.3 is 0 Å². The third-order valence-corrected chi connectivity index (χ3v) is 2.54. The quantitative estimate of drug-likeness (QED) is 0.530. The van der Waals surface area contributed by atoms with Crippen molar-refractivity contribution in [2.75, 3.05) is 0 Å². The average Bonchev–Trinajstić information content (AvgIpc) is 2.09. The summed E-state index contributed by atoms with van der Waals surface area (Å²) in [6.45, 7) is 0. The third-order valence-electron chi connectivity index (χ3n) is 1.82. The van der Waals surface area contributed by atoms with Crippen LogP contribution in [0.15, 0.2) is 30.5 Å². The zero-order valence-electron chi connectivity index (χ0n) is 6.54. The molecule has 0 spiro atoms. The second kappa shape index (κ2) is 3.05. The second-order valence-electron chi connectivity index (χ2n) is 2.68. The Labute approximate surface area is 84.9 Å². The van der Waals surface area contributed by atoms with Crippen LogP contribution in [0.2, 0.25) is 10.0 Å². The largest absolute Gasteiger partial charge is 0.285 e. The Balaban J connectivity index is 2.89. The molecule has 4 heteroatoms. The van der Waals surface area contributed by atoms with Crippen LogP contribution in [0.1, 0.15) is 0 Å². The standard InChI is InChI=1S/C9H6Cl2NO/c10-7-4-6-2-1-3-12(13)9(6)5-8(7)11/h1-5,13H/q+1. The van der Waals surface area contributed by atoms with Crippen molar-refractivity contribution in [3.8, 4) is 0 Å². The van der Waals surface area contributed by atoms with E-state index in [1.54, 1.807) is 18.2 Å².